The molecule has 222 valence electrons. The van der Waals surface area contributed by atoms with Gasteiger partial charge in [-0.05, 0) is 68.1 Å². The highest BCUT2D eigenvalue weighted by Gasteiger charge is 2.35. The molecule has 42 heavy (non-hydrogen) atoms. The van der Waals surface area contributed by atoms with Gasteiger partial charge >= 0.3 is 0 Å². The van der Waals surface area contributed by atoms with Crippen molar-refractivity contribution in [1.82, 2.24) is 10.3 Å². The maximum atomic E-state index is 14.1. The van der Waals surface area contributed by atoms with Crippen molar-refractivity contribution in [2.45, 2.75) is 70.4 Å². The molecule has 4 rings (SSSR count). The summed E-state index contributed by atoms with van der Waals surface area (Å²) in [5.41, 5.74) is 1.14. The highest BCUT2D eigenvalue weighted by molar-refractivity contribution is 6.02. The van der Waals surface area contributed by atoms with Gasteiger partial charge < -0.3 is 20.1 Å². The van der Waals surface area contributed by atoms with Crippen LogP contribution in [0.25, 0.3) is 0 Å². The fourth-order valence-corrected chi connectivity index (χ4v) is 5.27. The van der Waals surface area contributed by atoms with E-state index in [2.05, 4.69) is 15.6 Å². The molecule has 1 heterocycles. The molecule has 9 heteroatoms. The monoisotopic (exact) mass is 572 g/mol. The van der Waals surface area contributed by atoms with Crippen molar-refractivity contribution in [1.29, 1.82) is 0 Å². The average Bonchev–Trinajstić information content (AvgIpc) is 3.01. The summed E-state index contributed by atoms with van der Waals surface area (Å²) in [6.07, 6.45) is 7.19. The molecule has 1 aromatic heterocycles. The predicted octanol–water partition coefficient (Wildman–Crippen LogP) is 5.82. The van der Waals surface area contributed by atoms with Crippen LogP contribution in [0.3, 0.4) is 0 Å². The van der Waals surface area contributed by atoms with Gasteiger partial charge in [-0.3, -0.25) is 19.3 Å². The number of pyridine rings is 1. The Morgan fingerprint density at radius 2 is 1.69 bits per heavy atom. The second-order valence-corrected chi connectivity index (χ2v) is 10.3. The van der Waals surface area contributed by atoms with Crippen LogP contribution in [0.4, 0.5) is 11.5 Å². The summed E-state index contributed by atoms with van der Waals surface area (Å²) in [6, 6.07) is 18.8. The van der Waals surface area contributed by atoms with E-state index in [1.165, 1.54) is 12.0 Å². The zero-order valence-corrected chi connectivity index (χ0v) is 24.4. The first-order chi connectivity index (χ1) is 20.5. The summed E-state index contributed by atoms with van der Waals surface area (Å²) in [6.45, 7) is 2.43. The molecular weight excluding hydrogens is 532 g/mol. The third kappa shape index (κ3) is 8.31. The van der Waals surface area contributed by atoms with E-state index in [9.17, 15) is 14.4 Å². The van der Waals surface area contributed by atoms with Crippen LogP contribution >= 0.6 is 0 Å². The molecule has 1 saturated carbocycles. The Hall–Kier alpha value is -4.40. The van der Waals surface area contributed by atoms with Crippen LogP contribution in [0.2, 0.25) is 0 Å². The number of rotatable bonds is 13. The van der Waals surface area contributed by atoms with Crippen LogP contribution in [-0.2, 0) is 14.4 Å². The number of methoxy groups -OCH3 is 1. The van der Waals surface area contributed by atoms with E-state index >= 15 is 0 Å². The molecular formula is C33H40N4O5. The molecule has 2 N–H and O–H groups in total. The van der Waals surface area contributed by atoms with Gasteiger partial charge in [0, 0.05) is 25.1 Å². The van der Waals surface area contributed by atoms with E-state index in [1.54, 1.807) is 36.5 Å². The number of hydrogen-bond donors (Lipinski definition) is 2. The average molecular weight is 573 g/mol. The zero-order chi connectivity index (χ0) is 29.7. The van der Waals surface area contributed by atoms with Crippen LogP contribution in [-0.4, -0.2) is 42.5 Å². The summed E-state index contributed by atoms with van der Waals surface area (Å²) < 4.78 is 11.3. The first-order valence-corrected chi connectivity index (χ1v) is 14.7. The maximum Gasteiger partial charge on any atom is 0.248 e. The highest BCUT2D eigenvalue weighted by Crippen LogP contribution is 2.36. The van der Waals surface area contributed by atoms with E-state index in [0.717, 1.165) is 32.1 Å². The number of benzene rings is 2. The third-order valence-electron chi connectivity index (χ3n) is 7.31. The van der Waals surface area contributed by atoms with E-state index < -0.39 is 6.04 Å². The van der Waals surface area contributed by atoms with Gasteiger partial charge in [0.2, 0.25) is 17.7 Å². The molecule has 2 aromatic carbocycles. The molecule has 1 atom stereocenters. The second-order valence-electron chi connectivity index (χ2n) is 10.3. The van der Waals surface area contributed by atoms with Gasteiger partial charge in [0.05, 0.1) is 19.4 Å². The van der Waals surface area contributed by atoms with Crippen LogP contribution in [0.15, 0.2) is 72.9 Å². The minimum atomic E-state index is -0.950. The molecule has 0 unspecified atom stereocenters. The Bertz CT molecular complexity index is 1310. The van der Waals surface area contributed by atoms with Crippen LogP contribution in [0.1, 0.15) is 69.9 Å². The molecule has 0 bridgehead atoms. The number of aromatic nitrogens is 1. The van der Waals surface area contributed by atoms with Crippen LogP contribution in [0.5, 0.6) is 11.5 Å². The van der Waals surface area contributed by atoms with Crippen molar-refractivity contribution in [2.75, 3.05) is 23.9 Å². The summed E-state index contributed by atoms with van der Waals surface area (Å²) >= 11 is 0. The molecule has 0 saturated heterocycles. The summed E-state index contributed by atoms with van der Waals surface area (Å²) in [7, 11) is 1.54. The van der Waals surface area contributed by atoms with Crippen molar-refractivity contribution in [2.24, 2.45) is 0 Å². The summed E-state index contributed by atoms with van der Waals surface area (Å²) in [4.78, 5) is 46.3. The molecule has 9 nitrogen and oxygen atoms in total. The minimum absolute atomic E-state index is 0.0535. The number of carbonyl (C=O) groups is 3. The van der Waals surface area contributed by atoms with E-state index in [-0.39, 0.29) is 36.6 Å². The van der Waals surface area contributed by atoms with Gasteiger partial charge in [-0.1, -0.05) is 49.6 Å². The van der Waals surface area contributed by atoms with Crippen LogP contribution in [0, 0.1) is 0 Å². The number of para-hydroxylation sites is 2. The van der Waals surface area contributed by atoms with Crippen molar-refractivity contribution < 1.29 is 23.9 Å². The summed E-state index contributed by atoms with van der Waals surface area (Å²) in [5, 5.41) is 5.98. The molecule has 0 aliphatic heterocycles. The zero-order valence-electron chi connectivity index (χ0n) is 24.4. The van der Waals surface area contributed by atoms with Gasteiger partial charge in [0.1, 0.15) is 23.4 Å². The number of nitrogens with one attached hydrogen (secondary N) is 2. The van der Waals surface area contributed by atoms with Crippen molar-refractivity contribution in [3.8, 4) is 11.5 Å². The van der Waals surface area contributed by atoms with Crippen molar-refractivity contribution >= 4 is 29.2 Å². The topological polar surface area (TPSA) is 110 Å². The lowest BCUT2D eigenvalue weighted by atomic mass is 9.94. The lowest BCUT2D eigenvalue weighted by Crippen LogP contribution is -2.47. The standard InChI is InChI=1S/C33H40N4O5/c1-3-42-26-21-19-24(20-22-26)32(33(40)35-25-12-5-4-6-13-25)37(27-14-7-8-15-28(27)41-2)31(39)18-11-17-30(38)36-29-16-9-10-23-34-29/h7-10,14-16,19-23,25,32H,3-6,11-13,17-18H2,1-2H3,(H,35,40)(H,34,36,38)/t32-/m1/s1. The largest absolute Gasteiger partial charge is 0.495 e. The first kappa shape index (κ1) is 30.6. The van der Waals surface area contributed by atoms with E-state index in [0.29, 0.717) is 41.6 Å². The lowest BCUT2D eigenvalue weighted by molar-refractivity contribution is -0.127. The van der Waals surface area contributed by atoms with E-state index in [1.807, 2.05) is 43.3 Å². The quantitative estimate of drug-likeness (QED) is 0.267. The Morgan fingerprint density at radius 1 is 0.952 bits per heavy atom. The van der Waals surface area contributed by atoms with Gasteiger partial charge in [0.25, 0.3) is 0 Å². The van der Waals surface area contributed by atoms with Crippen molar-refractivity contribution in [3.63, 3.8) is 0 Å². The molecule has 3 aromatic rings. The third-order valence-corrected chi connectivity index (χ3v) is 7.31. The van der Waals surface area contributed by atoms with Crippen LogP contribution < -0.4 is 25.0 Å². The van der Waals surface area contributed by atoms with Gasteiger partial charge in [0.15, 0.2) is 0 Å². The smallest absolute Gasteiger partial charge is 0.248 e. The molecule has 0 radical (unpaired) electrons. The molecule has 1 aliphatic carbocycles. The first-order valence-electron chi connectivity index (χ1n) is 14.7. The minimum Gasteiger partial charge on any atom is -0.495 e. The molecule has 1 fully saturated rings. The Labute approximate surface area is 247 Å². The normalized spacial score (nSPS) is 14.0. The molecule has 3 amide bonds. The predicted molar refractivity (Wildman–Crippen MR) is 163 cm³/mol. The van der Waals surface area contributed by atoms with Gasteiger partial charge in [-0.25, -0.2) is 4.98 Å². The SMILES string of the molecule is CCOc1ccc([C@H](C(=O)NC2CCCCC2)N(C(=O)CCCC(=O)Nc2ccccn2)c2ccccc2OC)cc1. The molecule has 1 aliphatic rings. The number of hydrogen-bond acceptors (Lipinski definition) is 6. The molecule has 0 spiro atoms. The summed E-state index contributed by atoms with van der Waals surface area (Å²) in [5.74, 6) is 0.839. The lowest BCUT2D eigenvalue weighted by Gasteiger charge is -2.34. The Kier molecular flexibility index (Phi) is 11.3. The fourth-order valence-electron chi connectivity index (χ4n) is 5.27. The second kappa shape index (κ2) is 15.6. The number of anilines is 2. The number of ether oxygens (including phenoxy) is 2. The number of nitrogens with zero attached hydrogens (tertiary/aromatic N) is 2. The Balaban J connectivity index is 1.62. The number of amides is 3. The number of carbonyl (C=O) groups excluding carboxylic acids is 3. The fraction of sp³-hybridized carbons (Fsp3) is 0.394. The van der Waals surface area contributed by atoms with E-state index in [4.69, 9.17) is 9.47 Å². The Morgan fingerprint density at radius 3 is 2.38 bits per heavy atom. The van der Waals surface area contributed by atoms with Gasteiger partial charge in [-0.15, -0.1) is 0 Å². The van der Waals surface area contributed by atoms with Crippen molar-refractivity contribution in [3.05, 3.63) is 78.5 Å². The maximum absolute atomic E-state index is 14.1. The highest BCUT2D eigenvalue weighted by atomic mass is 16.5. The van der Waals surface area contributed by atoms with Gasteiger partial charge in [-0.2, -0.15) is 0 Å².